The minimum atomic E-state index is -0.859. The number of nitrogens with zero attached hydrogens (tertiary/aromatic N) is 1. The van der Waals surface area contributed by atoms with E-state index in [-0.39, 0.29) is 5.91 Å². The number of aliphatic carboxylic acids is 1. The Kier molecular flexibility index (Phi) is 5.45. The van der Waals surface area contributed by atoms with Crippen LogP contribution in [0.2, 0.25) is 0 Å². The fraction of sp³-hybridized carbons (Fsp3) is 0.846. The number of carboxylic acid groups (broad SMARTS) is 1. The summed E-state index contributed by atoms with van der Waals surface area (Å²) >= 11 is 0. The molecule has 1 saturated heterocycles. The first-order chi connectivity index (χ1) is 8.10. The summed E-state index contributed by atoms with van der Waals surface area (Å²) in [5.74, 6) is -0.452. The first-order valence-electron chi connectivity index (χ1n) is 6.62. The van der Waals surface area contributed by atoms with Gasteiger partial charge >= 0.3 is 5.97 Å². The fourth-order valence-electron chi connectivity index (χ4n) is 2.43. The predicted octanol–water partition coefficient (Wildman–Crippen LogP) is 2.28. The quantitative estimate of drug-likeness (QED) is 0.803. The summed E-state index contributed by atoms with van der Waals surface area (Å²) in [6.45, 7) is 4.76. The third kappa shape index (κ3) is 3.72. The van der Waals surface area contributed by atoms with Crippen molar-refractivity contribution in [3.8, 4) is 0 Å². The van der Waals surface area contributed by atoms with Crippen LogP contribution in [-0.4, -0.2) is 34.5 Å². The molecule has 1 atom stereocenters. The number of likely N-dealkylation sites (tertiary alicyclic amines) is 1. The first kappa shape index (κ1) is 14.0. The van der Waals surface area contributed by atoms with Gasteiger partial charge in [0.1, 0.15) is 6.04 Å². The van der Waals surface area contributed by atoms with Gasteiger partial charge in [0, 0.05) is 13.0 Å². The monoisotopic (exact) mass is 241 g/mol. The Morgan fingerprint density at radius 1 is 1.29 bits per heavy atom. The molecule has 1 rings (SSSR count). The summed E-state index contributed by atoms with van der Waals surface area (Å²) < 4.78 is 0. The smallest absolute Gasteiger partial charge is 0.326 e. The van der Waals surface area contributed by atoms with E-state index >= 15 is 0 Å². The molecular weight excluding hydrogens is 218 g/mol. The summed E-state index contributed by atoms with van der Waals surface area (Å²) in [5, 5.41) is 9.11. The van der Waals surface area contributed by atoms with Gasteiger partial charge in [-0.05, 0) is 25.2 Å². The van der Waals surface area contributed by atoms with Crippen LogP contribution in [0, 0.1) is 5.92 Å². The largest absolute Gasteiger partial charge is 0.480 e. The fourth-order valence-corrected chi connectivity index (χ4v) is 2.43. The van der Waals surface area contributed by atoms with Gasteiger partial charge in [0.15, 0.2) is 0 Å². The second kappa shape index (κ2) is 6.62. The van der Waals surface area contributed by atoms with Crippen molar-refractivity contribution in [3.63, 3.8) is 0 Å². The van der Waals surface area contributed by atoms with Gasteiger partial charge < -0.3 is 10.0 Å². The summed E-state index contributed by atoms with van der Waals surface area (Å²) in [5.41, 5.74) is 0. The van der Waals surface area contributed by atoms with Crippen molar-refractivity contribution < 1.29 is 14.7 Å². The predicted molar refractivity (Wildman–Crippen MR) is 65.7 cm³/mol. The number of amides is 1. The Morgan fingerprint density at radius 2 is 1.94 bits per heavy atom. The van der Waals surface area contributed by atoms with Crippen molar-refractivity contribution >= 4 is 11.9 Å². The van der Waals surface area contributed by atoms with Crippen LogP contribution >= 0.6 is 0 Å². The molecule has 0 aromatic rings. The van der Waals surface area contributed by atoms with Gasteiger partial charge in [0.25, 0.3) is 0 Å². The van der Waals surface area contributed by atoms with Gasteiger partial charge in [0.2, 0.25) is 5.91 Å². The molecule has 1 unspecified atom stereocenters. The van der Waals surface area contributed by atoms with Crippen molar-refractivity contribution in [1.29, 1.82) is 0 Å². The van der Waals surface area contributed by atoms with E-state index in [0.29, 0.717) is 25.3 Å². The first-order valence-corrected chi connectivity index (χ1v) is 6.62. The number of hydrogen-bond donors (Lipinski definition) is 1. The number of carbonyl (C=O) groups excluding carboxylic acids is 1. The van der Waals surface area contributed by atoms with E-state index in [4.69, 9.17) is 5.11 Å². The third-order valence-electron chi connectivity index (χ3n) is 3.73. The highest BCUT2D eigenvalue weighted by molar-refractivity contribution is 5.84. The van der Waals surface area contributed by atoms with Gasteiger partial charge in [-0.15, -0.1) is 0 Å². The molecule has 1 aliphatic heterocycles. The second-order valence-corrected chi connectivity index (χ2v) is 4.82. The second-order valence-electron chi connectivity index (χ2n) is 4.82. The number of piperidine rings is 1. The SMILES string of the molecule is CCC(CC)CC(=O)N1CCCCC1C(=O)O. The maximum absolute atomic E-state index is 12.1. The molecule has 1 fully saturated rings. The zero-order valence-electron chi connectivity index (χ0n) is 10.8. The van der Waals surface area contributed by atoms with E-state index < -0.39 is 12.0 Å². The number of carbonyl (C=O) groups is 2. The molecule has 4 heteroatoms. The standard InChI is InChI=1S/C13H23NO3/c1-3-10(4-2)9-12(15)14-8-6-5-7-11(14)13(16)17/h10-11H,3-9H2,1-2H3,(H,16,17). The van der Waals surface area contributed by atoms with Gasteiger partial charge in [-0.2, -0.15) is 0 Å². The van der Waals surface area contributed by atoms with Crippen molar-refractivity contribution in [1.82, 2.24) is 4.90 Å². The molecule has 0 bridgehead atoms. The zero-order valence-corrected chi connectivity index (χ0v) is 10.8. The van der Waals surface area contributed by atoms with Crippen molar-refractivity contribution in [2.45, 2.75) is 58.4 Å². The molecule has 1 aliphatic rings. The highest BCUT2D eigenvalue weighted by Gasteiger charge is 2.32. The Labute approximate surface area is 103 Å². The maximum atomic E-state index is 12.1. The Hall–Kier alpha value is -1.06. The Balaban J connectivity index is 2.61. The van der Waals surface area contributed by atoms with E-state index in [9.17, 15) is 9.59 Å². The lowest BCUT2D eigenvalue weighted by molar-refractivity contribution is -0.152. The van der Waals surface area contributed by atoms with E-state index in [1.165, 1.54) is 0 Å². The van der Waals surface area contributed by atoms with Crippen molar-refractivity contribution in [3.05, 3.63) is 0 Å². The summed E-state index contributed by atoms with van der Waals surface area (Å²) in [7, 11) is 0. The molecule has 1 amide bonds. The molecule has 0 aliphatic carbocycles. The van der Waals surface area contributed by atoms with Crippen LogP contribution in [0.25, 0.3) is 0 Å². The minimum absolute atomic E-state index is 0.0193. The van der Waals surface area contributed by atoms with Gasteiger partial charge in [-0.25, -0.2) is 4.79 Å². The van der Waals surface area contributed by atoms with E-state index in [1.54, 1.807) is 4.90 Å². The molecular formula is C13H23NO3. The zero-order chi connectivity index (χ0) is 12.8. The summed E-state index contributed by atoms with van der Waals surface area (Å²) in [6, 6.07) is -0.592. The minimum Gasteiger partial charge on any atom is -0.480 e. The van der Waals surface area contributed by atoms with E-state index in [1.807, 2.05) is 0 Å². The lowest BCUT2D eigenvalue weighted by Crippen LogP contribution is -2.48. The lowest BCUT2D eigenvalue weighted by Gasteiger charge is -2.33. The lowest BCUT2D eigenvalue weighted by atomic mass is 9.96. The summed E-state index contributed by atoms with van der Waals surface area (Å²) in [4.78, 5) is 24.8. The highest BCUT2D eigenvalue weighted by atomic mass is 16.4. The maximum Gasteiger partial charge on any atom is 0.326 e. The molecule has 0 aromatic heterocycles. The van der Waals surface area contributed by atoms with Gasteiger partial charge in [0.05, 0.1) is 0 Å². The number of rotatable bonds is 5. The number of hydrogen-bond acceptors (Lipinski definition) is 2. The summed E-state index contributed by atoms with van der Waals surface area (Å²) in [6.07, 6.45) is 4.90. The molecule has 0 saturated carbocycles. The molecule has 4 nitrogen and oxygen atoms in total. The number of carboxylic acids is 1. The molecule has 1 heterocycles. The van der Waals surface area contributed by atoms with Crippen LogP contribution in [0.3, 0.4) is 0 Å². The van der Waals surface area contributed by atoms with Crippen LogP contribution in [0.15, 0.2) is 0 Å². The van der Waals surface area contributed by atoms with Gasteiger partial charge in [-0.3, -0.25) is 4.79 Å². The highest BCUT2D eigenvalue weighted by Crippen LogP contribution is 2.21. The van der Waals surface area contributed by atoms with Gasteiger partial charge in [-0.1, -0.05) is 26.7 Å². The average Bonchev–Trinajstić information content (AvgIpc) is 2.35. The van der Waals surface area contributed by atoms with Crippen LogP contribution in [0.1, 0.15) is 52.4 Å². The Morgan fingerprint density at radius 3 is 2.47 bits per heavy atom. The van der Waals surface area contributed by atoms with Crippen molar-refractivity contribution in [2.24, 2.45) is 5.92 Å². The molecule has 0 radical (unpaired) electrons. The topological polar surface area (TPSA) is 57.6 Å². The van der Waals surface area contributed by atoms with Crippen LogP contribution < -0.4 is 0 Å². The van der Waals surface area contributed by atoms with E-state index in [0.717, 1.165) is 25.7 Å². The van der Waals surface area contributed by atoms with Crippen molar-refractivity contribution in [2.75, 3.05) is 6.54 Å². The van der Waals surface area contributed by atoms with Crippen LogP contribution in [0.5, 0.6) is 0 Å². The van der Waals surface area contributed by atoms with E-state index in [2.05, 4.69) is 13.8 Å². The molecule has 17 heavy (non-hydrogen) atoms. The Bertz CT molecular complexity index is 274. The van der Waals surface area contributed by atoms with Crippen LogP contribution in [0.4, 0.5) is 0 Å². The molecule has 0 aromatic carbocycles. The third-order valence-corrected chi connectivity index (χ3v) is 3.73. The molecule has 1 N–H and O–H groups in total. The average molecular weight is 241 g/mol. The normalized spacial score (nSPS) is 20.6. The van der Waals surface area contributed by atoms with Crippen LogP contribution in [-0.2, 0) is 9.59 Å². The molecule has 98 valence electrons. The molecule has 0 spiro atoms.